The average Bonchev–Trinajstić information content (AvgIpc) is 1.33. The Labute approximate surface area is 55.9 Å². The zero-order valence-corrected chi connectivity index (χ0v) is 6.41. The van der Waals surface area contributed by atoms with E-state index in [-0.39, 0.29) is 0 Å². The van der Waals surface area contributed by atoms with Crippen LogP contribution in [-0.4, -0.2) is 16.3 Å². The van der Waals surface area contributed by atoms with E-state index in [4.69, 9.17) is 5.11 Å². The normalized spacial score (nSPS) is 11.6. The number of hydrogen-bond donors (Lipinski definition) is 3. The third-order valence-corrected chi connectivity index (χ3v) is 0. The number of aliphatic hydroxyl groups excluding tert-OH is 1. The molecule has 0 aliphatic heterocycles. The Morgan fingerprint density at radius 2 is 1.71 bits per heavy atom. The standard InChI is InChI=1S/C2H6OS.C2H6S/c1-2(3)4;1-2-3/h2-4H,1H3;3H,2H2,1H3. The summed E-state index contributed by atoms with van der Waals surface area (Å²) in [7, 11) is 0. The van der Waals surface area contributed by atoms with E-state index < -0.39 is 5.44 Å². The van der Waals surface area contributed by atoms with Crippen LogP contribution < -0.4 is 0 Å². The molecule has 0 aliphatic carbocycles. The Balaban J connectivity index is 0. The predicted octanol–water partition coefficient (Wildman–Crippen LogP) is 1.19. The molecule has 0 spiro atoms. The second kappa shape index (κ2) is 9.83. The van der Waals surface area contributed by atoms with Crippen molar-refractivity contribution in [3.8, 4) is 0 Å². The van der Waals surface area contributed by atoms with Crippen molar-refractivity contribution in [2.45, 2.75) is 19.3 Å². The molecule has 1 N–H and O–H groups in total. The van der Waals surface area contributed by atoms with Crippen LogP contribution in [0.2, 0.25) is 0 Å². The van der Waals surface area contributed by atoms with Gasteiger partial charge in [0.15, 0.2) is 0 Å². The molecule has 1 nitrogen and oxygen atoms in total. The molecule has 0 aliphatic rings. The summed E-state index contributed by atoms with van der Waals surface area (Å²) in [5.41, 5.74) is -0.472. The lowest BCUT2D eigenvalue weighted by molar-refractivity contribution is 0.286. The fraction of sp³-hybridized carbons (Fsp3) is 1.00. The van der Waals surface area contributed by atoms with Crippen molar-refractivity contribution in [1.29, 1.82) is 0 Å². The molecule has 0 saturated heterocycles. The molecule has 3 heteroatoms. The van der Waals surface area contributed by atoms with Crippen LogP contribution in [0.5, 0.6) is 0 Å². The molecule has 0 bridgehead atoms. The van der Waals surface area contributed by atoms with Gasteiger partial charge >= 0.3 is 0 Å². The van der Waals surface area contributed by atoms with Crippen LogP contribution in [0.3, 0.4) is 0 Å². The van der Waals surface area contributed by atoms with Crippen molar-refractivity contribution in [3.05, 3.63) is 0 Å². The van der Waals surface area contributed by atoms with Gasteiger partial charge in [0.2, 0.25) is 0 Å². The van der Waals surface area contributed by atoms with Gasteiger partial charge in [0, 0.05) is 0 Å². The lowest BCUT2D eigenvalue weighted by atomic mass is 10.9. The second-order valence-electron chi connectivity index (χ2n) is 0.948. The first-order valence-corrected chi connectivity index (χ1v) is 3.27. The van der Waals surface area contributed by atoms with E-state index in [9.17, 15) is 0 Å². The van der Waals surface area contributed by atoms with Crippen molar-refractivity contribution >= 4 is 25.3 Å². The third-order valence-electron chi connectivity index (χ3n) is 0. The summed E-state index contributed by atoms with van der Waals surface area (Å²) >= 11 is 7.31. The molecule has 7 heavy (non-hydrogen) atoms. The van der Waals surface area contributed by atoms with Crippen LogP contribution in [-0.2, 0) is 0 Å². The van der Waals surface area contributed by atoms with Crippen molar-refractivity contribution in [2.24, 2.45) is 0 Å². The van der Waals surface area contributed by atoms with Gasteiger partial charge in [-0.1, -0.05) is 6.92 Å². The zero-order chi connectivity index (χ0) is 6.28. The molecule has 0 heterocycles. The van der Waals surface area contributed by atoms with Gasteiger partial charge in [-0.25, -0.2) is 0 Å². The van der Waals surface area contributed by atoms with Crippen LogP contribution >= 0.6 is 25.3 Å². The highest BCUT2D eigenvalue weighted by atomic mass is 32.1. The fourth-order valence-corrected chi connectivity index (χ4v) is 0. The van der Waals surface area contributed by atoms with Gasteiger partial charge in [0.1, 0.15) is 0 Å². The maximum atomic E-state index is 7.92. The minimum atomic E-state index is -0.472. The predicted molar refractivity (Wildman–Crippen MR) is 40.2 cm³/mol. The summed E-state index contributed by atoms with van der Waals surface area (Å²) in [5.74, 6) is 0.944. The SMILES string of the molecule is CC(O)S.CCS. The lowest BCUT2D eigenvalue weighted by Crippen LogP contribution is -1.79. The summed E-state index contributed by atoms with van der Waals surface area (Å²) in [5, 5.41) is 7.92. The van der Waals surface area contributed by atoms with Crippen LogP contribution in [0.1, 0.15) is 13.8 Å². The van der Waals surface area contributed by atoms with Crippen molar-refractivity contribution in [3.63, 3.8) is 0 Å². The first-order valence-electron chi connectivity index (χ1n) is 2.12. The van der Waals surface area contributed by atoms with Crippen LogP contribution in [0.4, 0.5) is 0 Å². The van der Waals surface area contributed by atoms with Crippen LogP contribution in [0, 0.1) is 0 Å². The second-order valence-corrected chi connectivity index (χ2v) is 2.33. The van der Waals surface area contributed by atoms with E-state index in [1.54, 1.807) is 6.92 Å². The summed E-state index contributed by atoms with van der Waals surface area (Å²) in [4.78, 5) is 0. The van der Waals surface area contributed by atoms with Gasteiger partial charge in [-0.3, -0.25) is 0 Å². The van der Waals surface area contributed by atoms with Crippen LogP contribution in [0.15, 0.2) is 0 Å². The Morgan fingerprint density at radius 1 is 1.71 bits per heavy atom. The minimum Gasteiger partial charge on any atom is -0.383 e. The molecule has 0 rings (SSSR count). The summed E-state index contributed by atoms with van der Waals surface area (Å²) in [6.45, 7) is 3.58. The van der Waals surface area contributed by atoms with E-state index in [0.717, 1.165) is 5.75 Å². The highest BCUT2D eigenvalue weighted by molar-refractivity contribution is 7.80. The van der Waals surface area contributed by atoms with Gasteiger partial charge in [0.25, 0.3) is 0 Å². The largest absolute Gasteiger partial charge is 0.383 e. The molecule has 0 saturated carbocycles. The highest BCUT2D eigenvalue weighted by Crippen LogP contribution is 1.78. The van der Waals surface area contributed by atoms with Crippen molar-refractivity contribution in [2.75, 3.05) is 5.75 Å². The van der Waals surface area contributed by atoms with E-state index in [1.165, 1.54) is 0 Å². The molecule has 0 radical (unpaired) electrons. The first-order chi connectivity index (χ1) is 3.15. The first kappa shape index (κ1) is 10.6. The number of hydrogen-bond acceptors (Lipinski definition) is 3. The maximum absolute atomic E-state index is 7.92. The summed E-state index contributed by atoms with van der Waals surface area (Å²) in [6, 6.07) is 0. The van der Waals surface area contributed by atoms with Gasteiger partial charge < -0.3 is 5.11 Å². The zero-order valence-electron chi connectivity index (χ0n) is 4.63. The summed E-state index contributed by atoms with van der Waals surface area (Å²) in [6.07, 6.45) is 0. The van der Waals surface area contributed by atoms with Crippen molar-refractivity contribution < 1.29 is 5.11 Å². The Kier molecular flexibility index (Phi) is 14.9. The Bertz CT molecular complexity index is 20.9. The average molecular weight is 140 g/mol. The summed E-state index contributed by atoms with van der Waals surface area (Å²) < 4.78 is 0. The molecule has 0 aromatic rings. The highest BCUT2D eigenvalue weighted by Gasteiger charge is 1.70. The molecule has 0 amide bonds. The third kappa shape index (κ3) is 332. The number of thiol groups is 2. The maximum Gasteiger partial charge on any atom is 0.0936 e. The molecule has 46 valence electrons. The lowest BCUT2D eigenvalue weighted by Gasteiger charge is -1.79. The number of rotatable bonds is 0. The molecular weight excluding hydrogens is 128 g/mol. The van der Waals surface area contributed by atoms with Crippen LogP contribution in [0.25, 0.3) is 0 Å². The molecule has 0 fully saturated rings. The van der Waals surface area contributed by atoms with E-state index in [1.807, 2.05) is 6.92 Å². The molecule has 0 aromatic heterocycles. The molecule has 1 unspecified atom stereocenters. The van der Waals surface area contributed by atoms with E-state index in [0.29, 0.717) is 0 Å². The van der Waals surface area contributed by atoms with Gasteiger partial charge in [-0.2, -0.15) is 12.6 Å². The number of aliphatic hydroxyl groups is 1. The van der Waals surface area contributed by atoms with Gasteiger partial charge in [0.05, 0.1) is 5.44 Å². The smallest absolute Gasteiger partial charge is 0.0936 e. The molecular formula is C4H12OS2. The molecule has 0 aromatic carbocycles. The fourth-order valence-electron chi connectivity index (χ4n) is 0. The monoisotopic (exact) mass is 140 g/mol. The van der Waals surface area contributed by atoms with E-state index in [2.05, 4.69) is 25.3 Å². The molecule has 1 atom stereocenters. The Hall–Kier alpha value is 0.660. The minimum absolute atomic E-state index is 0.472. The topological polar surface area (TPSA) is 20.2 Å². The Morgan fingerprint density at radius 3 is 1.71 bits per heavy atom. The van der Waals surface area contributed by atoms with Crippen molar-refractivity contribution in [1.82, 2.24) is 0 Å². The van der Waals surface area contributed by atoms with Gasteiger partial charge in [-0.15, -0.1) is 12.6 Å². The quantitative estimate of drug-likeness (QED) is 0.341. The van der Waals surface area contributed by atoms with E-state index >= 15 is 0 Å². The van der Waals surface area contributed by atoms with Gasteiger partial charge in [-0.05, 0) is 12.7 Å².